The number of nitrogens with zero attached hydrogens (tertiary/aromatic N) is 1. The van der Waals surface area contributed by atoms with Crippen molar-refractivity contribution in [3.05, 3.63) is 23.5 Å². The van der Waals surface area contributed by atoms with Gasteiger partial charge >= 0.3 is 5.97 Å². The van der Waals surface area contributed by atoms with Gasteiger partial charge in [0.25, 0.3) is 0 Å². The molecule has 1 atom stereocenters. The Morgan fingerprint density at radius 3 is 2.69 bits per heavy atom. The largest absolute Gasteiger partial charge is 0.467 e. The molecule has 4 nitrogen and oxygen atoms in total. The smallest absolute Gasteiger partial charge is 0.328 e. The van der Waals surface area contributed by atoms with Gasteiger partial charge in [0.15, 0.2) is 0 Å². The molecule has 0 spiro atoms. The Hall–Kier alpha value is -1.58. The molecule has 1 aromatic heterocycles. The SMILES string of the molecule is CCC(Nc1ccc(C)nc1C)C(=O)OC. The number of aryl methyl sites for hydroxylation is 2. The molecular formula is C12H18N2O2. The van der Waals surface area contributed by atoms with E-state index in [1.54, 1.807) is 0 Å². The summed E-state index contributed by atoms with van der Waals surface area (Å²) >= 11 is 0. The monoisotopic (exact) mass is 222 g/mol. The number of esters is 1. The van der Waals surface area contributed by atoms with Crippen LogP contribution in [-0.2, 0) is 9.53 Å². The summed E-state index contributed by atoms with van der Waals surface area (Å²) in [5.74, 6) is -0.248. The normalized spacial score (nSPS) is 12.0. The van der Waals surface area contributed by atoms with E-state index in [1.807, 2.05) is 32.9 Å². The molecule has 0 aliphatic carbocycles. The zero-order valence-electron chi connectivity index (χ0n) is 10.2. The number of pyridine rings is 1. The molecule has 4 heteroatoms. The van der Waals surface area contributed by atoms with Gasteiger partial charge in [-0.25, -0.2) is 4.79 Å². The summed E-state index contributed by atoms with van der Waals surface area (Å²) in [5.41, 5.74) is 2.74. The third-order valence-electron chi connectivity index (χ3n) is 2.45. The summed E-state index contributed by atoms with van der Waals surface area (Å²) in [6.07, 6.45) is 0.681. The number of hydrogen-bond donors (Lipinski definition) is 1. The zero-order chi connectivity index (χ0) is 12.1. The van der Waals surface area contributed by atoms with Gasteiger partial charge in [-0.05, 0) is 32.4 Å². The van der Waals surface area contributed by atoms with Gasteiger partial charge in [0.1, 0.15) is 6.04 Å². The first-order valence-corrected chi connectivity index (χ1v) is 5.37. The summed E-state index contributed by atoms with van der Waals surface area (Å²) in [5, 5.41) is 3.14. The molecule has 16 heavy (non-hydrogen) atoms. The summed E-state index contributed by atoms with van der Waals surface area (Å²) in [6, 6.07) is 3.54. The van der Waals surface area contributed by atoms with Gasteiger partial charge in [-0.1, -0.05) is 6.92 Å². The van der Waals surface area contributed by atoms with Gasteiger partial charge in [0.2, 0.25) is 0 Å². The van der Waals surface area contributed by atoms with E-state index in [0.717, 1.165) is 17.1 Å². The first-order chi connectivity index (χ1) is 7.58. The Labute approximate surface area is 96.0 Å². The van der Waals surface area contributed by atoms with E-state index in [9.17, 15) is 4.79 Å². The third kappa shape index (κ3) is 2.95. The molecular weight excluding hydrogens is 204 g/mol. The van der Waals surface area contributed by atoms with Crippen LogP contribution in [0.3, 0.4) is 0 Å². The fourth-order valence-corrected chi connectivity index (χ4v) is 1.50. The summed E-state index contributed by atoms with van der Waals surface area (Å²) in [7, 11) is 1.40. The fraction of sp³-hybridized carbons (Fsp3) is 0.500. The minimum absolute atomic E-state index is 0.248. The van der Waals surface area contributed by atoms with Gasteiger partial charge in [0, 0.05) is 5.69 Å². The minimum atomic E-state index is -0.312. The second kappa shape index (κ2) is 5.49. The molecule has 0 saturated heterocycles. The number of anilines is 1. The zero-order valence-corrected chi connectivity index (χ0v) is 10.2. The molecule has 0 saturated carbocycles. The highest BCUT2D eigenvalue weighted by Gasteiger charge is 2.17. The number of carbonyl (C=O) groups excluding carboxylic acids is 1. The van der Waals surface area contributed by atoms with E-state index in [2.05, 4.69) is 10.3 Å². The Bertz CT molecular complexity index is 377. The van der Waals surface area contributed by atoms with E-state index < -0.39 is 0 Å². The first-order valence-electron chi connectivity index (χ1n) is 5.37. The number of nitrogens with one attached hydrogen (secondary N) is 1. The molecule has 0 radical (unpaired) electrons. The molecule has 0 amide bonds. The van der Waals surface area contributed by atoms with Crippen molar-refractivity contribution in [2.75, 3.05) is 12.4 Å². The Kier molecular flexibility index (Phi) is 4.28. The molecule has 88 valence electrons. The maximum atomic E-state index is 11.4. The highest BCUT2D eigenvalue weighted by molar-refractivity contribution is 5.79. The second-order valence-corrected chi connectivity index (χ2v) is 3.71. The van der Waals surface area contributed by atoms with Crippen LogP contribution in [0.2, 0.25) is 0 Å². The Morgan fingerprint density at radius 2 is 2.19 bits per heavy atom. The standard InChI is InChI=1S/C12H18N2O2/c1-5-10(12(15)16-4)14-11-7-6-8(2)13-9(11)3/h6-7,10,14H,5H2,1-4H3. The van der Waals surface area contributed by atoms with E-state index in [-0.39, 0.29) is 12.0 Å². The number of ether oxygens (including phenoxy) is 1. The predicted molar refractivity (Wildman–Crippen MR) is 63.4 cm³/mol. The van der Waals surface area contributed by atoms with Crippen LogP contribution in [0.25, 0.3) is 0 Å². The first kappa shape index (κ1) is 12.5. The van der Waals surface area contributed by atoms with Gasteiger partial charge in [-0.15, -0.1) is 0 Å². The molecule has 0 aliphatic heterocycles. The van der Waals surface area contributed by atoms with E-state index in [4.69, 9.17) is 4.74 Å². The summed E-state index contributed by atoms with van der Waals surface area (Å²) in [4.78, 5) is 15.8. The topological polar surface area (TPSA) is 51.2 Å². The van der Waals surface area contributed by atoms with Crippen molar-refractivity contribution >= 4 is 11.7 Å². The lowest BCUT2D eigenvalue weighted by molar-refractivity contribution is -0.141. The Morgan fingerprint density at radius 1 is 1.50 bits per heavy atom. The molecule has 1 unspecified atom stereocenters. The maximum absolute atomic E-state index is 11.4. The molecule has 0 fully saturated rings. The number of aromatic nitrogens is 1. The van der Waals surface area contributed by atoms with Gasteiger partial charge in [0.05, 0.1) is 18.5 Å². The van der Waals surface area contributed by atoms with E-state index in [0.29, 0.717) is 6.42 Å². The minimum Gasteiger partial charge on any atom is -0.467 e. The van der Waals surface area contributed by atoms with Crippen LogP contribution < -0.4 is 5.32 Å². The molecule has 0 aliphatic rings. The van der Waals surface area contributed by atoms with Crippen molar-refractivity contribution in [3.63, 3.8) is 0 Å². The van der Waals surface area contributed by atoms with Crippen molar-refractivity contribution < 1.29 is 9.53 Å². The number of rotatable bonds is 4. The number of methoxy groups -OCH3 is 1. The summed E-state index contributed by atoms with van der Waals surface area (Å²) < 4.78 is 4.72. The summed E-state index contributed by atoms with van der Waals surface area (Å²) in [6.45, 7) is 5.79. The predicted octanol–water partition coefficient (Wildman–Crippen LogP) is 2.06. The van der Waals surface area contributed by atoms with Crippen molar-refractivity contribution in [1.29, 1.82) is 0 Å². The van der Waals surface area contributed by atoms with Crippen LogP contribution in [0.1, 0.15) is 24.7 Å². The van der Waals surface area contributed by atoms with Crippen LogP contribution in [0.15, 0.2) is 12.1 Å². The lowest BCUT2D eigenvalue weighted by atomic mass is 10.2. The van der Waals surface area contributed by atoms with Crippen LogP contribution in [0.5, 0.6) is 0 Å². The van der Waals surface area contributed by atoms with Crippen LogP contribution in [-0.4, -0.2) is 24.1 Å². The van der Waals surface area contributed by atoms with Gasteiger partial charge in [-0.3, -0.25) is 4.98 Å². The van der Waals surface area contributed by atoms with Gasteiger partial charge < -0.3 is 10.1 Å². The van der Waals surface area contributed by atoms with Crippen LogP contribution in [0.4, 0.5) is 5.69 Å². The van der Waals surface area contributed by atoms with Gasteiger partial charge in [-0.2, -0.15) is 0 Å². The molecule has 0 aromatic carbocycles. The fourth-order valence-electron chi connectivity index (χ4n) is 1.50. The molecule has 1 aromatic rings. The third-order valence-corrected chi connectivity index (χ3v) is 2.45. The number of carbonyl (C=O) groups is 1. The highest BCUT2D eigenvalue weighted by Crippen LogP contribution is 2.15. The molecule has 1 rings (SSSR count). The molecule has 1 heterocycles. The lowest BCUT2D eigenvalue weighted by Crippen LogP contribution is -2.30. The maximum Gasteiger partial charge on any atom is 0.328 e. The van der Waals surface area contributed by atoms with Crippen molar-refractivity contribution in [3.8, 4) is 0 Å². The van der Waals surface area contributed by atoms with Crippen LogP contribution in [0, 0.1) is 13.8 Å². The highest BCUT2D eigenvalue weighted by atomic mass is 16.5. The van der Waals surface area contributed by atoms with Crippen molar-refractivity contribution in [1.82, 2.24) is 4.98 Å². The van der Waals surface area contributed by atoms with Crippen LogP contribution >= 0.6 is 0 Å². The average Bonchev–Trinajstić information content (AvgIpc) is 2.27. The van der Waals surface area contributed by atoms with E-state index in [1.165, 1.54) is 7.11 Å². The van der Waals surface area contributed by atoms with E-state index >= 15 is 0 Å². The molecule has 0 bridgehead atoms. The van der Waals surface area contributed by atoms with Crippen molar-refractivity contribution in [2.45, 2.75) is 33.2 Å². The lowest BCUT2D eigenvalue weighted by Gasteiger charge is -2.17. The Balaban J connectivity index is 2.82. The number of hydrogen-bond acceptors (Lipinski definition) is 4. The second-order valence-electron chi connectivity index (χ2n) is 3.71. The average molecular weight is 222 g/mol. The van der Waals surface area contributed by atoms with Crippen molar-refractivity contribution in [2.24, 2.45) is 0 Å². The quantitative estimate of drug-likeness (QED) is 0.792. The molecule has 1 N–H and O–H groups in total.